The Morgan fingerprint density at radius 1 is 1.13 bits per heavy atom. The molecule has 1 saturated heterocycles. The molecule has 0 unspecified atom stereocenters. The maximum absolute atomic E-state index is 12.5. The van der Waals surface area contributed by atoms with Crippen molar-refractivity contribution in [3.8, 4) is 0 Å². The third kappa shape index (κ3) is 4.35. The summed E-state index contributed by atoms with van der Waals surface area (Å²) in [6, 6.07) is 7.83. The molecule has 30 heavy (non-hydrogen) atoms. The Hall–Kier alpha value is -3.22. The molecule has 1 fully saturated rings. The normalized spacial score (nSPS) is 15.0. The van der Waals surface area contributed by atoms with Crippen molar-refractivity contribution in [3.05, 3.63) is 65.9 Å². The average molecular weight is 406 g/mol. The van der Waals surface area contributed by atoms with Crippen LogP contribution < -0.4 is 5.32 Å². The van der Waals surface area contributed by atoms with E-state index in [4.69, 9.17) is 0 Å². The van der Waals surface area contributed by atoms with Crippen LogP contribution in [0.25, 0.3) is 5.65 Å². The molecular weight excluding hydrogens is 378 g/mol. The average Bonchev–Trinajstić information content (AvgIpc) is 3.25. The molecule has 1 aliphatic heterocycles. The molecule has 2 aromatic heterocycles. The van der Waals surface area contributed by atoms with Gasteiger partial charge in [-0.05, 0) is 36.5 Å². The number of amides is 2. The van der Waals surface area contributed by atoms with Crippen LogP contribution in [-0.4, -0.2) is 44.2 Å². The van der Waals surface area contributed by atoms with Gasteiger partial charge in [-0.1, -0.05) is 26.0 Å². The molecule has 3 heterocycles. The summed E-state index contributed by atoms with van der Waals surface area (Å²) >= 11 is 0. The highest BCUT2D eigenvalue weighted by Gasteiger charge is 2.25. The fraction of sp³-hybridized carbons (Fsp3) is 0.391. The topological polar surface area (TPSA) is 79.6 Å². The minimum Gasteiger partial charge on any atom is -0.346 e. The number of aromatic nitrogens is 3. The second-order valence-corrected chi connectivity index (χ2v) is 8.13. The van der Waals surface area contributed by atoms with E-state index in [0.29, 0.717) is 18.0 Å². The van der Waals surface area contributed by atoms with Crippen LogP contribution in [0.3, 0.4) is 0 Å². The summed E-state index contributed by atoms with van der Waals surface area (Å²) in [5.74, 6) is 0.606. The summed E-state index contributed by atoms with van der Waals surface area (Å²) in [7, 11) is 0. The molecule has 0 aliphatic carbocycles. The van der Waals surface area contributed by atoms with Gasteiger partial charge in [0.05, 0.1) is 18.4 Å². The minimum absolute atomic E-state index is 0.0522. The van der Waals surface area contributed by atoms with Gasteiger partial charge in [-0.3, -0.25) is 14.6 Å². The first kappa shape index (κ1) is 20.1. The summed E-state index contributed by atoms with van der Waals surface area (Å²) in [6.07, 6.45) is 9.05. The van der Waals surface area contributed by atoms with Crippen molar-refractivity contribution in [1.82, 2.24) is 24.6 Å². The molecule has 1 N–H and O–H groups in total. The quantitative estimate of drug-likeness (QED) is 0.708. The largest absolute Gasteiger partial charge is 0.346 e. The fourth-order valence-electron chi connectivity index (χ4n) is 3.94. The van der Waals surface area contributed by atoms with Crippen molar-refractivity contribution in [2.24, 2.45) is 5.92 Å². The predicted octanol–water partition coefficient (Wildman–Crippen LogP) is 3.02. The molecule has 0 bridgehead atoms. The number of fused-ring (bicyclic) bond motifs is 1. The molecule has 0 atom stereocenters. The number of hydrogen-bond acceptors (Lipinski definition) is 4. The minimum atomic E-state index is -0.119. The number of benzene rings is 1. The number of imidazole rings is 1. The van der Waals surface area contributed by atoms with Crippen LogP contribution in [0, 0.1) is 5.92 Å². The van der Waals surface area contributed by atoms with Gasteiger partial charge in [0.15, 0.2) is 5.65 Å². The van der Waals surface area contributed by atoms with Gasteiger partial charge in [0.2, 0.25) is 5.91 Å². The Balaban J connectivity index is 1.31. The monoisotopic (exact) mass is 405 g/mol. The van der Waals surface area contributed by atoms with Gasteiger partial charge in [0.1, 0.15) is 0 Å². The first-order chi connectivity index (χ1) is 14.5. The standard InChI is InChI=1S/C23H27N5O2/c1-16(2)23(30)27-10-7-18(8-11-27)17-3-5-19(6-4-17)22(29)26-13-20-15-28-12-9-24-21(28)14-25-20/h3-6,9,12,14-16,18H,7-8,10-11,13H2,1-2H3,(H,26,29). The Bertz CT molecular complexity index is 1030. The van der Waals surface area contributed by atoms with Gasteiger partial charge in [-0.2, -0.15) is 0 Å². The smallest absolute Gasteiger partial charge is 0.251 e. The van der Waals surface area contributed by atoms with Crippen LogP contribution in [0.5, 0.6) is 0 Å². The molecule has 2 amide bonds. The van der Waals surface area contributed by atoms with E-state index in [9.17, 15) is 9.59 Å². The number of rotatable bonds is 5. The van der Waals surface area contributed by atoms with Crippen LogP contribution in [0.1, 0.15) is 54.2 Å². The van der Waals surface area contributed by atoms with Crippen molar-refractivity contribution in [2.45, 2.75) is 39.2 Å². The predicted molar refractivity (Wildman–Crippen MR) is 114 cm³/mol. The van der Waals surface area contributed by atoms with E-state index in [2.05, 4.69) is 15.3 Å². The lowest BCUT2D eigenvalue weighted by Crippen LogP contribution is -2.40. The van der Waals surface area contributed by atoms with Gasteiger partial charge in [-0.15, -0.1) is 0 Å². The van der Waals surface area contributed by atoms with E-state index in [-0.39, 0.29) is 17.7 Å². The van der Waals surface area contributed by atoms with E-state index in [1.807, 2.05) is 59.8 Å². The summed E-state index contributed by atoms with van der Waals surface area (Å²) in [4.78, 5) is 35.1. The van der Waals surface area contributed by atoms with Crippen molar-refractivity contribution in [2.75, 3.05) is 13.1 Å². The summed E-state index contributed by atoms with van der Waals surface area (Å²) < 4.78 is 1.88. The number of carbonyl (C=O) groups excluding carboxylic acids is 2. The lowest BCUT2D eigenvalue weighted by Gasteiger charge is -2.33. The highest BCUT2D eigenvalue weighted by atomic mass is 16.2. The summed E-state index contributed by atoms with van der Waals surface area (Å²) in [5.41, 5.74) is 3.42. The molecule has 0 spiro atoms. The van der Waals surface area contributed by atoms with Gasteiger partial charge in [0.25, 0.3) is 5.91 Å². The van der Waals surface area contributed by atoms with Crippen molar-refractivity contribution < 1.29 is 9.59 Å². The van der Waals surface area contributed by atoms with Crippen LogP contribution in [0.15, 0.2) is 49.1 Å². The maximum Gasteiger partial charge on any atom is 0.251 e. The van der Waals surface area contributed by atoms with Gasteiger partial charge >= 0.3 is 0 Å². The number of nitrogens with one attached hydrogen (secondary N) is 1. The Kier molecular flexibility index (Phi) is 5.79. The lowest BCUT2D eigenvalue weighted by atomic mass is 9.88. The second-order valence-electron chi connectivity index (χ2n) is 8.13. The fourth-order valence-corrected chi connectivity index (χ4v) is 3.94. The number of hydrogen-bond donors (Lipinski definition) is 1. The van der Waals surface area contributed by atoms with Crippen molar-refractivity contribution in [3.63, 3.8) is 0 Å². The van der Waals surface area contributed by atoms with Gasteiger partial charge in [-0.25, -0.2) is 4.98 Å². The maximum atomic E-state index is 12.5. The lowest BCUT2D eigenvalue weighted by molar-refractivity contribution is -0.135. The van der Waals surface area contributed by atoms with Crippen LogP contribution in [0.4, 0.5) is 0 Å². The molecule has 1 aliphatic rings. The second kappa shape index (κ2) is 8.65. The van der Waals surface area contributed by atoms with Gasteiger partial charge in [0, 0.05) is 43.2 Å². The molecule has 4 rings (SSSR count). The van der Waals surface area contributed by atoms with Crippen LogP contribution in [-0.2, 0) is 11.3 Å². The van der Waals surface area contributed by atoms with E-state index in [1.165, 1.54) is 5.56 Å². The van der Waals surface area contributed by atoms with E-state index >= 15 is 0 Å². The molecule has 0 saturated carbocycles. The Morgan fingerprint density at radius 2 is 1.87 bits per heavy atom. The number of likely N-dealkylation sites (tertiary alicyclic amines) is 1. The third-order valence-corrected chi connectivity index (χ3v) is 5.71. The Labute approximate surface area is 176 Å². The molecule has 1 aromatic carbocycles. The van der Waals surface area contributed by atoms with Crippen molar-refractivity contribution in [1.29, 1.82) is 0 Å². The molecule has 7 nitrogen and oxygen atoms in total. The molecular formula is C23H27N5O2. The Morgan fingerprint density at radius 3 is 2.57 bits per heavy atom. The first-order valence-electron chi connectivity index (χ1n) is 10.5. The zero-order chi connectivity index (χ0) is 21.1. The summed E-state index contributed by atoms with van der Waals surface area (Å²) in [6.45, 7) is 5.86. The SMILES string of the molecule is CC(C)C(=O)N1CCC(c2ccc(C(=O)NCc3cn4ccnc4cn3)cc2)CC1. The molecule has 3 aromatic rings. The van der Waals surface area contributed by atoms with Crippen LogP contribution >= 0.6 is 0 Å². The zero-order valence-corrected chi connectivity index (χ0v) is 17.4. The highest BCUT2D eigenvalue weighted by molar-refractivity contribution is 5.94. The molecule has 0 radical (unpaired) electrons. The van der Waals surface area contributed by atoms with E-state index < -0.39 is 0 Å². The van der Waals surface area contributed by atoms with Crippen LogP contribution in [0.2, 0.25) is 0 Å². The number of piperidine rings is 1. The van der Waals surface area contributed by atoms with Gasteiger partial charge < -0.3 is 14.6 Å². The first-order valence-corrected chi connectivity index (χ1v) is 10.5. The number of carbonyl (C=O) groups is 2. The van der Waals surface area contributed by atoms with Crippen molar-refractivity contribution >= 4 is 17.5 Å². The third-order valence-electron chi connectivity index (χ3n) is 5.71. The van der Waals surface area contributed by atoms with E-state index in [0.717, 1.165) is 37.3 Å². The molecule has 156 valence electrons. The number of nitrogens with zero attached hydrogens (tertiary/aromatic N) is 4. The van der Waals surface area contributed by atoms with E-state index in [1.54, 1.807) is 12.4 Å². The summed E-state index contributed by atoms with van der Waals surface area (Å²) in [5, 5.41) is 2.92. The highest BCUT2D eigenvalue weighted by Crippen LogP contribution is 2.28. The molecule has 7 heteroatoms. The zero-order valence-electron chi connectivity index (χ0n) is 17.4.